The zero-order chi connectivity index (χ0) is 19.4. The van der Waals surface area contributed by atoms with Crippen molar-refractivity contribution in [3.8, 4) is 5.75 Å². The number of amides is 1. The highest BCUT2D eigenvalue weighted by molar-refractivity contribution is 9.11. The molecule has 7 heteroatoms. The molecule has 0 aliphatic heterocycles. The lowest BCUT2D eigenvalue weighted by atomic mass is 10.1. The lowest BCUT2D eigenvalue weighted by Crippen LogP contribution is -2.34. The smallest absolute Gasteiger partial charge is 0.262 e. The molecule has 0 aromatic heterocycles. The molecule has 1 amide bonds. The number of phenols is 1. The number of hydrogen-bond donors (Lipinski definition) is 3. The van der Waals surface area contributed by atoms with E-state index in [0.29, 0.717) is 8.95 Å². The minimum absolute atomic E-state index is 0.115. The highest BCUT2D eigenvalue weighted by atomic mass is 79.9. The SMILES string of the molecule is CC(Nc1ccc2ccccc2c1)C(=O)N/N=C/c1cc(Br)c(O)c(Br)c1. The maximum atomic E-state index is 12.2. The number of halogens is 2. The minimum atomic E-state index is -0.457. The second-order valence-corrected chi connectivity index (χ2v) is 7.70. The quantitative estimate of drug-likeness (QED) is 0.347. The van der Waals surface area contributed by atoms with Crippen LogP contribution < -0.4 is 10.7 Å². The molecule has 3 aromatic rings. The normalized spacial score (nSPS) is 12.3. The second-order valence-electron chi connectivity index (χ2n) is 6.00. The van der Waals surface area contributed by atoms with E-state index in [1.165, 1.54) is 6.21 Å². The summed E-state index contributed by atoms with van der Waals surface area (Å²) in [7, 11) is 0. The Morgan fingerprint density at radius 3 is 2.44 bits per heavy atom. The van der Waals surface area contributed by atoms with Gasteiger partial charge in [-0.15, -0.1) is 0 Å². The van der Waals surface area contributed by atoms with Gasteiger partial charge in [-0.1, -0.05) is 30.3 Å². The molecule has 0 spiro atoms. The van der Waals surface area contributed by atoms with Crippen LogP contribution in [0, 0.1) is 0 Å². The first-order valence-electron chi connectivity index (χ1n) is 8.20. The van der Waals surface area contributed by atoms with Gasteiger partial charge in [-0.2, -0.15) is 5.10 Å². The first-order valence-corrected chi connectivity index (χ1v) is 9.79. The number of nitrogens with zero attached hydrogens (tertiary/aromatic N) is 1. The van der Waals surface area contributed by atoms with Crippen molar-refractivity contribution in [1.29, 1.82) is 0 Å². The van der Waals surface area contributed by atoms with Gasteiger partial charge in [0.05, 0.1) is 15.2 Å². The summed E-state index contributed by atoms with van der Waals surface area (Å²) in [6.45, 7) is 1.77. The third-order valence-corrected chi connectivity index (χ3v) is 5.16. The average Bonchev–Trinajstić information content (AvgIpc) is 2.65. The molecule has 0 heterocycles. The van der Waals surface area contributed by atoms with Gasteiger partial charge in [0.25, 0.3) is 5.91 Å². The number of anilines is 1. The Balaban J connectivity index is 1.61. The van der Waals surface area contributed by atoms with E-state index in [0.717, 1.165) is 22.0 Å². The highest BCUT2D eigenvalue weighted by Gasteiger charge is 2.12. The van der Waals surface area contributed by atoms with Gasteiger partial charge < -0.3 is 10.4 Å². The second kappa shape index (κ2) is 8.54. The number of nitrogens with one attached hydrogen (secondary N) is 2. The third kappa shape index (κ3) is 4.87. The van der Waals surface area contributed by atoms with E-state index in [-0.39, 0.29) is 11.7 Å². The Kier molecular flexibility index (Phi) is 6.13. The average molecular weight is 491 g/mol. The first-order chi connectivity index (χ1) is 12.9. The van der Waals surface area contributed by atoms with E-state index in [2.05, 4.69) is 47.7 Å². The molecule has 0 bridgehead atoms. The van der Waals surface area contributed by atoms with Crippen LogP contribution in [0.3, 0.4) is 0 Å². The fourth-order valence-corrected chi connectivity index (χ4v) is 3.74. The molecular formula is C20H17Br2N3O2. The fraction of sp³-hybridized carbons (Fsp3) is 0.100. The summed E-state index contributed by atoms with van der Waals surface area (Å²) >= 11 is 6.51. The monoisotopic (exact) mass is 489 g/mol. The van der Waals surface area contributed by atoms with E-state index >= 15 is 0 Å². The summed E-state index contributed by atoms with van der Waals surface area (Å²) in [5, 5.41) is 19.1. The van der Waals surface area contributed by atoms with Gasteiger partial charge in [0.2, 0.25) is 0 Å². The van der Waals surface area contributed by atoms with Crippen molar-refractivity contribution in [1.82, 2.24) is 5.43 Å². The molecule has 0 aliphatic rings. The van der Waals surface area contributed by atoms with Gasteiger partial charge in [-0.05, 0) is 79.4 Å². The maximum absolute atomic E-state index is 12.2. The molecule has 3 N–H and O–H groups in total. The Labute approximate surface area is 173 Å². The Bertz CT molecular complexity index is 998. The number of phenolic OH excluding ortho intramolecular Hbond substituents is 1. The zero-order valence-corrected chi connectivity index (χ0v) is 17.6. The lowest BCUT2D eigenvalue weighted by molar-refractivity contribution is -0.121. The largest absolute Gasteiger partial charge is 0.506 e. The number of benzene rings is 3. The molecule has 0 saturated heterocycles. The molecule has 0 aliphatic carbocycles. The number of fused-ring (bicyclic) bond motifs is 1. The van der Waals surface area contributed by atoms with Crippen LogP contribution in [0.25, 0.3) is 10.8 Å². The molecule has 0 radical (unpaired) electrons. The van der Waals surface area contributed by atoms with Crippen LogP contribution in [-0.2, 0) is 4.79 Å². The number of hydrogen-bond acceptors (Lipinski definition) is 4. The zero-order valence-electron chi connectivity index (χ0n) is 14.4. The summed E-state index contributed by atoms with van der Waals surface area (Å²) < 4.78 is 1.08. The Hall–Kier alpha value is -2.38. The molecule has 0 saturated carbocycles. The number of rotatable bonds is 5. The molecule has 5 nitrogen and oxygen atoms in total. The molecular weight excluding hydrogens is 474 g/mol. The van der Waals surface area contributed by atoms with E-state index in [4.69, 9.17) is 0 Å². The molecule has 0 fully saturated rings. The Morgan fingerprint density at radius 1 is 1.07 bits per heavy atom. The molecule has 1 atom stereocenters. The number of hydrazone groups is 1. The van der Waals surface area contributed by atoms with Crippen LogP contribution in [-0.4, -0.2) is 23.3 Å². The van der Waals surface area contributed by atoms with Crippen LogP contribution in [0.4, 0.5) is 5.69 Å². The van der Waals surface area contributed by atoms with Gasteiger partial charge in [0.1, 0.15) is 11.8 Å². The lowest BCUT2D eigenvalue weighted by Gasteiger charge is -2.14. The summed E-state index contributed by atoms with van der Waals surface area (Å²) in [6.07, 6.45) is 1.51. The van der Waals surface area contributed by atoms with Gasteiger partial charge in [-0.3, -0.25) is 4.79 Å². The predicted molar refractivity (Wildman–Crippen MR) is 116 cm³/mol. The van der Waals surface area contributed by atoms with E-state index in [1.54, 1.807) is 19.1 Å². The van der Waals surface area contributed by atoms with Crippen molar-refractivity contribution < 1.29 is 9.90 Å². The minimum Gasteiger partial charge on any atom is -0.506 e. The van der Waals surface area contributed by atoms with Gasteiger partial charge in [0.15, 0.2) is 0 Å². The number of carbonyl (C=O) groups excluding carboxylic acids is 1. The van der Waals surface area contributed by atoms with Crippen molar-refractivity contribution in [2.75, 3.05) is 5.32 Å². The van der Waals surface area contributed by atoms with Crippen LogP contribution in [0.1, 0.15) is 12.5 Å². The molecule has 3 rings (SSSR count). The number of aromatic hydroxyl groups is 1. The van der Waals surface area contributed by atoms with Crippen LogP contribution in [0.2, 0.25) is 0 Å². The predicted octanol–water partition coefficient (Wildman–Crippen LogP) is 5.02. The Morgan fingerprint density at radius 2 is 1.74 bits per heavy atom. The van der Waals surface area contributed by atoms with Gasteiger partial charge in [0, 0.05) is 5.69 Å². The van der Waals surface area contributed by atoms with Crippen molar-refractivity contribution in [3.05, 3.63) is 69.1 Å². The molecule has 3 aromatic carbocycles. The topological polar surface area (TPSA) is 73.7 Å². The summed E-state index contributed by atoms with van der Waals surface area (Å²) in [5.41, 5.74) is 4.11. The van der Waals surface area contributed by atoms with E-state index in [9.17, 15) is 9.90 Å². The van der Waals surface area contributed by atoms with Crippen LogP contribution in [0.5, 0.6) is 5.75 Å². The molecule has 138 valence electrons. The first kappa shape index (κ1) is 19.4. The van der Waals surface area contributed by atoms with E-state index in [1.807, 2.05) is 42.5 Å². The van der Waals surface area contributed by atoms with E-state index < -0.39 is 6.04 Å². The summed E-state index contributed by atoms with van der Waals surface area (Å²) in [4.78, 5) is 12.2. The van der Waals surface area contributed by atoms with Crippen LogP contribution in [0.15, 0.2) is 68.6 Å². The highest BCUT2D eigenvalue weighted by Crippen LogP contribution is 2.32. The van der Waals surface area contributed by atoms with Crippen LogP contribution >= 0.6 is 31.9 Å². The molecule has 27 heavy (non-hydrogen) atoms. The van der Waals surface area contributed by atoms with Gasteiger partial charge >= 0.3 is 0 Å². The third-order valence-electron chi connectivity index (χ3n) is 3.95. The van der Waals surface area contributed by atoms with Crippen molar-refractivity contribution in [2.45, 2.75) is 13.0 Å². The van der Waals surface area contributed by atoms with Crippen molar-refractivity contribution in [2.24, 2.45) is 5.10 Å². The van der Waals surface area contributed by atoms with Crippen molar-refractivity contribution in [3.63, 3.8) is 0 Å². The summed E-state index contributed by atoms with van der Waals surface area (Å²) in [5.74, 6) is -0.138. The maximum Gasteiger partial charge on any atom is 0.262 e. The number of carbonyl (C=O) groups is 1. The standard InChI is InChI=1S/C20H17Br2N3O2/c1-12(24-16-7-6-14-4-2-3-5-15(14)10-16)20(27)25-23-11-13-8-17(21)19(26)18(22)9-13/h2-12,24,26H,1H3,(H,25,27)/b23-11+. The fourth-order valence-electron chi connectivity index (χ4n) is 2.52. The van der Waals surface area contributed by atoms with Gasteiger partial charge in [-0.25, -0.2) is 5.43 Å². The molecule has 1 unspecified atom stereocenters. The summed E-state index contributed by atoms with van der Waals surface area (Å²) in [6, 6.07) is 17.0. The van der Waals surface area contributed by atoms with Crippen molar-refractivity contribution >= 4 is 60.4 Å².